The van der Waals surface area contributed by atoms with Crippen LogP contribution in [0, 0.1) is 0 Å². The van der Waals surface area contributed by atoms with Gasteiger partial charge in [-0.15, -0.1) is 0 Å². The highest BCUT2D eigenvalue weighted by Gasteiger charge is 2.20. The molecule has 0 radical (unpaired) electrons. The summed E-state index contributed by atoms with van der Waals surface area (Å²) in [5.74, 6) is -0.0231. The highest BCUT2D eigenvalue weighted by molar-refractivity contribution is 9.15. The average Bonchev–Trinajstić information content (AvgIpc) is 2.53. The summed E-state index contributed by atoms with van der Waals surface area (Å²) in [5.41, 5.74) is 2.87. The minimum Gasteiger partial charge on any atom is -0.465 e. The standard InChI is InChI=1S/C16H19BrN2O3/c1-18(2)15(20)13-5-3-11(4-6-13)14(17)12-7-9-19(10-8-12)16(21)22/h3-6H,7-10H2,1-2H3,(H,21,22). The van der Waals surface area contributed by atoms with E-state index in [1.54, 1.807) is 19.0 Å². The quantitative estimate of drug-likeness (QED) is 0.873. The molecular formula is C16H19BrN2O3. The molecule has 0 atom stereocenters. The fourth-order valence-electron chi connectivity index (χ4n) is 2.41. The van der Waals surface area contributed by atoms with Crippen molar-refractivity contribution < 1.29 is 14.7 Å². The van der Waals surface area contributed by atoms with Crippen molar-refractivity contribution in [2.45, 2.75) is 12.8 Å². The van der Waals surface area contributed by atoms with Gasteiger partial charge in [0.1, 0.15) is 0 Å². The molecule has 118 valence electrons. The van der Waals surface area contributed by atoms with Crippen LogP contribution in [0.15, 0.2) is 29.8 Å². The molecule has 0 spiro atoms. The van der Waals surface area contributed by atoms with Gasteiger partial charge in [-0.3, -0.25) is 4.79 Å². The largest absolute Gasteiger partial charge is 0.465 e. The number of nitrogens with zero attached hydrogens (tertiary/aromatic N) is 2. The second kappa shape index (κ2) is 6.96. The number of rotatable bonds is 2. The SMILES string of the molecule is CN(C)C(=O)c1ccc(C(Br)=C2CCN(C(=O)O)CC2)cc1. The van der Waals surface area contributed by atoms with Crippen LogP contribution in [0.25, 0.3) is 4.48 Å². The maximum atomic E-state index is 11.9. The molecule has 1 aliphatic heterocycles. The molecule has 1 N–H and O–H groups in total. The molecular weight excluding hydrogens is 348 g/mol. The summed E-state index contributed by atoms with van der Waals surface area (Å²) < 4.78 is 1.00. The number of carbonyl (C=O) groups is 2. The van der Waals surface area contributed by atoms with Crippen LogP contribution in [-0.4, -0.2) is 54.1 Å². The lowest BCUT2D eigenvalue weighted by molar-refractivity contribution is 0.0827. The van der Waals surface area contributed by atoms with Crippen LogP contribution in [0.1, 0.15) is 28.8 Å². The van der Waals surface area contributed by atoms with E-state index in [0.29, 0.717) is 18.7 Å². The monoisotopic (exact) mass is 366 g/mol. The highest BCUT2D eigenvalue weighted by Crippen LogP contribution is 2.31. The van der Waals surface area contributed by atoms with Gasteiger partial charge in [-0.2, -0.15) is 0 Å². The molecule has 1 heterocycles. The average molecular weight is 367 g/mol. The van der Waals surface area contributed by atoms with E-state index in [1.165, 1.54) is 10.5 Å². The first-order chi connectivity index (χ1) is 10.4. The zero-order valence-electron chi connectivity index (χ0n) is 12.7. The summed E-state index contributed by atoms with van der Waals surface area (Å²) in [5, 5.41) is 8.97. The van der Waals surface area contributed by atoms with E-state index < -0.39 is 6.09 Å². The number of hydrogen-bond acceptors (Lipinski definition) is 2. The lowest BCUT2D eigenvalue weighted by Crippen LogP contribution is -2.35. The van der Waals surface area contributed by atoms with Crippen molar-refractivity contribution in [2.24, 2.45) is 0 Å². The van der Waals surface area contributed by atoms with Crippen LogP contribution in [0.5, 0.6) is 0 Å². The topological polar surface area (TPSA) is 60.9 Å². The molecule has 2 amide bonds. The Bertz CT molecular complexity index is 598. The number of carbonyl (C=O) groups excluding carboxylic acids is 1. The Morgan fingerprint density at radius 2 is 1.59 bits per heavy atom. The maximum Gasteiger partial charge on any atom is 0.407 e. The molecule has 1 aliphatic rings. The molecule has 1 fully saturated rings. The lowest BCUT2D eigenvalue weighted by Gasteiger charge is -2.26. The molecule has 1 saturated heterocycles. The first kappa shape index (κ1) is 16.5. The van der Waals surface area contributed by atoms with Crippen molar-refractivity contribution >= 4 is 32.4 Å². The molecule has 0 aromatic heterocycles. The summed E-state index contributed by atoms with van der Waals surface area (Å²) in [6, 6.07) is 7.45. The molecule has 2 rings (SSSR count). The minimum absolute atomic E-state index is 0.0231. The fraction of sp³-hybridized carbons (Fsp3) is 0.375. The van der Waals surface area contributed by atoms with E-state index in [4.69, 9.17) is 5.11 Å². The molecule has 0 bridgehead atoms. The molecule has 0 saturated carbocycles. The van der Waals surface area contributed by atoms with Gasteiger partial charge in [0.25, 0.3) is 5.91 Å². The van der Waals surface area contributed by atoms with Crippen LogP contribution in [-0.2, 0) is 0 Å². The smallest absolute Gasteiger partial charge is 0.407 e. The molecule has 1 aromatic rings. The van der Waals surface area contributed by atoms with Gasteiger partial charge in [-0.25, -0.2) is 4.79 Å². The van der Waals surface area contributed by atoms with Crippen LogP contribution < -0.4 is 0 Å². The van der Waals surface area contributed by atoms with Crippen LogP contribution in [0.3, 0.4) is 0 Å². The minimum atomic E-state index is -0.860. The number of amides is 2. The number of benzene rings is 1. The van der Waals surface area contributed by atoms with E-state index in [2.05, 4.69) is 15.9 Å². The fourth-order valence-corrected chi connectivity index (χ4v) is 3.07. The Morgan fingerprint density at radius 1 is 1.09 bits per heavy atom. The van der Waals surface area contributed by atoms with E-state index in [0.717, 1.165) is 22.9 Å². The highest BCUT2D eigenvalue weighted by atomic mass is 79.9. The Labute approximate surface area is 138 Å². The van der Waals surface area contributed by atoms with E-state index in [9.17, 15) is 9.59 Å². The summed E-state index contributed by atoms with van der Waals surface area (Å²) >= 11 is 3.61. The van der Waals surface area contributed by atoms with Crippen molar-refractivity contribution in [3.8, 4) is 0 Å². The Morgan fingerprint density at radius 3 is 2.05 bits per heavy atom. The van der Waals surface area contributed by atoms with Gasteiger partial charge in [0.05, 0.1) is 0 Å². The molecule has 6 heteroatoms. The number of carboxylic acid groups (broad SMARTS) is 1. The van der Waals surface area contributed by atoms with Crippen molar-refractivity contribution in [3.63, 3.8) is 0 Å². The second-order valence-electron chi connectivity index (χ2n) is 5.46. The second-order valence-corrected chi connectivity index (χ2v) is 6.26. The van der Waals surface area contributed by atoms with Crippen molar-refractivity contribution in [1.29, 1.82) is 0 Å². The van der Waals surface area contributed by atoms with Gasteiger partial charge in [-0.05, 0) is 30.5 Å². The third kappa shape index (κ3) is 3.68. The molecule has 0 aliphatic carbocycles. The van der Waals surface area contributed by atoms with E-state index in [1.807, 2.05) is 24.3 Å². The first-order valence-corrected chi connectivity index (χ1v) is 7.87. The summed E-state index contributed by atoms with van der Waals surface area (Å²) in [6.07, 6.45) is 0.595. The van der Waals surface area contributed by atoms with Gasteiger partial charge in [-0.1, -0.05) is 33.6 Å². The third-order valence-corrected chi connectivity index (χ3v) is 4.76. The number of hydrogen-bond donors (Lipinski definition) is 1. The summed E-state index contributed by atoms with van der Waals surface area (Å²) in [4.78, 5) is 25.8. The third-order valence-electron chi connectivity index (χ3n) is 3.74. The lowest BCUT2D eigenvalue weighted by atomic mass is 10.0. The maximum absolute atomic E-state index is 11.9. The van der Waals surface area contributed by atoms with Crippen molar-refractivity contribution in [1.82, 2.24) is 9.80 Å². The molecule has 5 nitrogen and oxygen atoms in total. The summed E-state index contributed by atoms with van der Waals surface area (Å²) in [6.45, 7) is 1.05. The van der Waals surface area contributed by atoms with Crippen LogP contribution in [0.4, 0.5) is 4.79 Å². The van der Waals surface area contributed by atoms with E-state index >= 15 is 0 Å². The number of piperidine rings is 1. The van der Waals surface area contributed by atoms with Crippen molar-refractivity contribution in [2.75, 3.05) is 27.2 Å². The number of likely N-dealkylation sites (tertiary alicyclic amines) is 1. The number of halogens is 1. The zero-order valence-corrected chi connectivity index (χ0v) is 14.3. The predicted molar refractivity (Wildman–Crippen MR) is 89.1 cm³/mol. The summed E-state index contributed by atoms with van der Waals surface area (Å²) in [7, 11) is 3.45. The van der Waals surface area contributed by atoms with Gasteiger partial charge in [0.2, 0.25) is 0 Å². The Balaban J connectivity index is 2.13. The van der Waals surface area contributed by atoms with Gasteiger partial charge in [0, 0.05) is 37.2 Å². The van der Waals surface area contributed by atoms with Crippen LogP contribution >= 0.6 is 15.9 Å². The van der Waals surface area contributed by atoms with E-state index in [-0.39, 0.29) is 5.91 Å². The first-order valence-electron chi connectivity index (χ1n) is 7.07. The predicted octanol–water partition coefficient (Wildman–Crippen LogP) is 3.27. The normalized spacial score (nSPS) is 14.7. The molecule has 0 unspecified atom stereocenters. The zero-order chi connectivity index (χ0) is 16.3. The van der Waals surface area contributed by atoms with Crippen LogP contribution in [0.2, 0.25) is 0 Å². The van der Waals surface area contributed by atoms with Gasteiger partial charge in [0.15, 0.2) is 0 Å². The Kier molecular flexibility index (Phi) is 5.24. The van der Waals surface area contributed by atoms with Crippen molar-refractivity contribution in [3.05, 3.63) is 41.0 Å². The molecule has 22 heavy (non-hydrogen) atoms. The van der Waals surface area contributed by atoms with Gasteiger partial charge >= 0.3 is 6.09 Å². The van der Waals surface area contributed by atoms with Gasteiger partial charge < -0.3 is 14.9 Å². The Hall–Kier alpha value is -1.82. The molecule has 1 aromatic carbocycles.